The molecule has 3 fully saturated rings. The third kappa shape index (κ3) is 3.97. The van der Waals surface area contributed by atoms with Crippen molar-refractivity contribution in [1.29, 1.82) is 0 Å². The van der Waals surface area contributed by atoms with Gasteiger partial charge in [-0.25, -0.2) is 0 Å². The molecule has 2 saturated carbocycles. The molecule has 0 amide bonds. The molecule has 0 aromatic heterocycles. The van der Waals surface area contributed by atoms with E-state index in [9.17, 15) is 29.7 Å². The molecule has 4 aliphatic carbocycles. The van der Waals surface area contributed by atoms with Crippen LogP contribution in [0.25, 0.3) is 0 Å². The van der Waals surface area contributed by atoms with E-state index >= 15 is 0 Å². The summed E-state index contributed by atoms with van der Waals surface area (Å²) in [4.78, 5) is 40.1. The van der Waals surface area contributed by atoms with Crippen LogP contribution in [-0.2, 0) is 28.6 Å². The molecule has 0 spiro atoms. The van der Waals surface area contributed by atoms with Crippen LogP contribution < -0.4 is 5.73 Å². The first-order valence-corrected chi connectivity index (χ1v) is 13.0. The van der Waals surface area contributed by atoms with Gasteiger partial charge in [0, 0.05) is 23.8 Å². The molecule has 0 radical (unpaired) electrons. The zero-order valence-electron chi connectivity index (χ0n) is 21.9. The summed E-state index contributed by atoms with van der Waals surface area (Å²) in [6.45, 7) is 4.90. The van der Waals surface area contributed by atoms with E-state index in [1.54, 1.807) is 32.1 Å². The van der Waals surface area contributed by atoms with Crippen molar-refractivity contribution in [1.82, 2.24) is 0 Å². The van der Waals surface area contributed by atoms with Crippen molar-refractivity contribution < 1.29 is 43.9 Å². The average Bonchev–Trinajstić information content (AvgIpc) is 2.87. The minimum Gasteiger partial charge on any atom is -0.511 e. The highest BCUT2D eigenvalue weighted by molar-refractivity contribution is 6.21. The molecule has 5 aliphatic rings. The van der Waals surface area contributed by atoms with Gasteiger partial charge in [-0.05, 0) is 32.8 Å². The smallest absolute Gasteiger partial charge is 0.178 e. The van der Waals surface area contributed by atoms with Gasteiger partial charge in [0.1, 0.15) is 23.1 Å². The zero-order chi connectivity index (χ0) is 27.7. The standard InChI is InChI=1S/C28H35NO9/c1-11-23(31)15(29)8-18(37-11)38-17-10-28(3,12(2)30)9-14-20(17)27(35)22-21(25(14)33)24(32)13-6-5-7-16(36-4)19(13)26(22)34/h5-7,11,13-15,17-20,23,31,33,35H,8-10,29H2,1-4H3/t11-,13-,14-,15+,17+,18-,19+,20-,23-,28-/m1/s1. The van der Waals surface area contributed by atoms with Gasteiger partial charge < -0.3 is 35.3 Å². The first-order chi connectivity index (χ1) is 17.9. The van der Waals surface area contributed by atoms with Gasteiger partial charge in [-0.15, -0.1) is 0 Å². The first-order valence-electron chi connectivity index (χ1n) is 13.0. The number of hydrogen-bond acceptors (Lipinski definition) is 10. The van der Waals surface area contributed by atoms with Crippen LogP contribution in [0.3, 0.4) is 0 Å². The van der Waals surface area contributed by atoms with Gasteiger partial charge >= 0.3 is 0 Å². The molecule has 10 nitrogen and oxygen atoms in total. The minimum atomic E-state index is -0.949. The third-order valence-electron chi connectivity index (χ3n) is 9.07. The highest BCUT2D eigenvalue weighted by atomic mass is 16.7. The summed E-state index contributed by atoms with van der Waals surface area (Å²) in [6, 6.07) is -0.603. The zero-order valence-corrected chi connectivity index (χ0v) is 21.9. The van der Waals surface area contributed by atoms with E-state index in [4.69, 9.17) is 19.9 Å². The maximum atomic E-state index is 13.8. The summed E-state index contributed by atoms with van der Waals surface area (Å²) in [7, 11) is 1.41. The molecule has 0 aromatic rings. The van der Waals surface area contributed by atoms with E-state index in [0.717, 1.165) is 0 Å². The fourth-order valence-corrected chi connectivity index (χ4v) is 6.76. The van der Waals surface area contributed by atoms with Gasteiger partial charge in [0.05, 0.1) is 54.3 Å². The Bertz CT molecular complexity index is 1190. The number of Topliss-reactive ketones (excluding diaryl/α,β-unsaturated/α-hetero) is 3. The largest absolute Gasteiger partial charge is 0.511 e. The monoisotopic (exact) mass is 529 g/mol. The molecule has 5 N–H and O–H groups in total. The second kappa shape index (κ2) is 9.44. The van der Waals surface area contributed by atoms with Crippen LogP contribution in [0.1, 0.15) is 40.0 Å². The van der Waals surface area contributed by atoms with E-state index in [-0.39, 0.29) is 47.7 Å². The maximum Gasteiger partial charge on any atom is 0.178 e. The van der Waals surface area contributed by atoms with Gasteiger partial charge in [-0.2, -0.15) is 0 Å². The second-order valence-electron chi connectivity index (χ2n) is 11.4. The van der Waals surface area contributed by atoms with Crippen LogP contribution in [0, 0.1) is 29.1 Å². The third-order valence-corrected chi connectivity index (χ3v) is 9.07. The van der Waals surface area contributed by atoms with Crippen molar-refractivity contribution in [2.24, 2.45) is 34.8 Å². The molecular formula is C28H35NO9. The summed E-state index contributed by atoms with van der Waals surface area (Å²) in [5.41, 5.74) is 4.73. The fraction of sp³-hybridized carbons (Fsp3) is 0.607. The van der Waals surface area contributed by atoms with Gasteiger partial charge in [0.15, 0.2) is 17.9 Å². The van der Waals surface area contributed by atoms with E-state index in [1.165, 1.54) is 14.0 Å². The Morgan fingerprint density at radius 1 is 1.16 bits per heavy atom. The number of nitrogens with two attached hydrogens (primary N) is 1. The first kappa shape index (κ1) is 26.8. The Morgan fingerprint density at radius 2 is 1.84 bits per heavy atom. The Morgan fingerprint density at radius 3 is 2.47 bits per heavy atom. The predicted octanol–water partition coefficient (Wildman–Crippen LogP) is 1.94. The van der Waals surface area contributed by atoms with Crippen LogP contribution in [0.15, 0.2) is 46.7 Å². The summed E-state index contributed by atoms with van der Waals surface area (Å²) < 4.78 is 17.5. The lowest BCUT2D eigenvalue weighted by molar-refractivity contribution is -0.255. The lowest BCUT2D eigenvalue weighted by Gasteiger charge is -2.50. The highest BCUT2D eigenvalue weighted by Gasteiger charge is 2.58. The SMILES string of the molecule is COC1=CC=C[C@H]2C(=O)C3=C(O)[C@@H]4C[C@@](C)(C(C)=O)C[C@H](O[C@@H]5C[C@H](N)[C@H](O)[C@@H](C)O5)[C@@H]4C(O)=C3C(=O)[C@H]12. The van der Waals surface area contributed by atoms with Crippen LogP contribution >= 0.6 is 0 Å². The number of methoxy groups -OCH3 is 1. The topological polar surface area (TPSA) is 166 Å². The normalized spacial score (nSPS) is 42.8. The van der Waals surface area contributed by atoms with Gasteiger partial charge in [0.25, 0.3) is 0 Å². The van der Waals surface area contributed by atoms with Gasteiger partial charge in [0.2, 0.25) is 0 Å². The lowest BCUT2D eigenvalue weighted by atomic mass is 9.57. The quantitative estimate of drug-likeness (QED) is 0.423. The van der Waals surface area contributed by atoms with E-state index in [1.807, 2.05) is 0 Å². The molecule has 0 bridgehead atoms. The van der Waals surface area contributed by atoms with Crippen molar-refractivity contribution in [3.63, 3.8) is 0 Å². The molecule has 38 heavy (non-hydrogen) atoms. The molecule has 0 aromatic carbocycles. The molecule has 10 atom stereocenters. The summed E-state index contributed by atoms with van der Waals surface area (Å²) in [6.07, 6.45) is 2.20. The molecule has 1 aliphatic heterocycles. The molecule has 10 heteroatoms. The number of aliphatic hydroxyl groups excluding tert-OH is 3. The molecule has 1 saturated heterocycles. The number of fused-ring (bicyclic) bond motifs is 3. The number of ether oxygens (including phenoxy) is 3. The molecular weight excluding hydrogens is 494 g/mol. The Balaban J connectivity index is 1.58. The number of rotatable bonds is 4. The van der Waals surface area contributed by atoms with Crippen molar-refractivity contribution in [3.8, 4) is 0 Å². The van der Waals surface area contributed by atoms with Gasteiger partial charge in [-0.3, -0.25) is 14.4 Å². The van der Waals surface area contributed by atoms with Crippen LogP contribution in [0.4, 0.5) is 0 Å². The molecule has 0 unspecified atom stereocenters. The van der Waals surface area contributed by atoms with E-state index < -0.39 is 71.3 Å². The van der Waals surface area contributed by atoms with Crippen LogP contribution in [0.5, 0.6) is 0 Å². The molecule has 1 heterocycles. The van der Waals surface area contributed by atoms with Crippen molar-refractivity contribution in [2.75, 3.05) is 7.11 Å². The highest BCUT2D eigenvalue weighted by Crippen LogP contribution is 2.55. The fourth-order valence-electron chi connectivity index (χ4n) is 6.76. The number of aliphatic hydroxyl groups is 3. The van der Waals surface area contributed by atoms with Crippen molar-refractivity contribution >= 4 is 17.3 Å². The number of hydrogen-bond donors (Lipinski definition) is 4. The number of ketones is 3. The Labute approximate surface area is 220 Å². The van der Waals surface area contributed by atoms with E-state index in [0.29, 0.717) is 5.76 Å². The predicted molar refractivity (Wildman–Crippen MR) is 133 cm³/mol. The van der Waals surface area contributed by atoms with Crippen molar-refractivity contribution in [3.05, 3.63) is 46.7 Å². The average molecular weight is 530 g/mol. The maximum absolute atomic E-state index is 13.8. The lowest BCUT2D eigenvalue weighted by Crippen LogP contribution is -2.55. The summed E-state index contributed by atoms with van der Waals surface area (Å²) >= 11 is 0. The Hall–Kier alpha value is -2.79. The Kier molecular flexibility index (Phi) is 6.66. The molecule has 206 valence electrons. The van der Waals surface area contributed by atoms with Crippen LogP contribution in [0.2, 0.25) is 0 Å². The van der Waals surface area contributed by atoms with E-state index in [2.05, 4.69) is 0 Å². The van der Waals surface area contributed by atoms with Crippen LogP contribution in [-0.4, -0.2) is 70.4 Å². The molecule has 5 rings (SSSR count). The van der Waals surface area contributed by atoms with Gasteiger partial charge in [-0.1, -0.05) is 19.1 Å². The number of carbonyl (C=O) groups is 3. The minimum absolute atomic E-state index is 0.127. The summed E-state index contributed by atoms with van der Waals surface area (Å²) in [5, 5.41) is 33.3. The number of allylic oxidation sites excluding steroid dienone is 7. The second-order valence-corrected chi connectivity index (χ2v) is 11.4. The van der Waals surface area contributed by atoms with Crippen molar-refractivity contribution in [2.45, 2.75) is 70.7 Å². The summed E-state index contributed by atoms with van der Waals surface area (Å²) in [5.74, 6) is -5.03. The number of carbonyl (C=O) groups excluding carboxylic acids is 3.